The maximum Gasteiger partial charge on any atom is 0.227 e. The van der Waals surface area contributed by atoms with Crippen LogP contribution in [0.5, 0.6) is 0 Å². The molecule has 3 unspecified atom stereocenters. The van der Waals surface area contributed by atoms with Crippen LogP contribution in [-0.2, 0) is 11.2 Å². The second kappa shape index (κ2) is 4.73. The quantitative estimate of drug-likeness (QED) is 0.855. The van der Waals surface area contributed by atoms with Crippen molar-refractivity contribution in [2.75, 3.05) is 13.1 Å². The van der Waals surface area contributed by atoms with Crippen molar-refractivity contribution >= 4 is 5.91 Å². The Kier molecular flexibility index (Phi) is 3.08. The van der Waals surface area contributed by atoms with Gasteiger partial charge in [0.1, 0.15) is 0 Å². The van der Waals surface area contributed by atoms with Crippen molar-refractivity contribution in [3.05, 3.63) is 35.9 Å². The Hall–Kier alpha value is -1.35. The number of rotatable bonds is 2. The van der Waals surface area contributed by atoms with Gasteiger partial charge in [-0.1, -0.05) is 30.3 Å². The van der Waals surface area contributed by atoms with E-state index in [4.69, 9.17) is 5.73 Å². The number of fused-ring (bicyclic) bond motifs is 1. The number of likely N-dealkylation sites (tertiary alicyclic amines) is 1. The van der Waals surface area contributed by atoms with E-state index in [1.54, 1.807) is 0 Å². The molecular formula is C15H20N2O. The number of hydrogen-bond acceptors (Lipinski definition) is 2. The highest BCUT2D eigenvalue weighted by atomic mass is 16.2. The van der Waals surface area contributed by atoms with Crippen molar-refractivity contribution < 1.29 is 4.79 Å². The summed E-state index contributed by atoms with van der Waals surface area (Å²) in [6.45, 7) is 1.79. The highest BCUT2D eigenvalue weighted by Gasteiger charge is 2.42. The maximum atomic E-state index is 12.2. The van der Waals surface area contributed by atoms with Crippen LogP contribution in [-0.4, -0.2) is 29.9 Å². The Bertz CT molecular complexity index is 431. The molecule has 3 nitrogen and oxygen atoms in total. The molecule has 1 heterocycles. The van der Waals surface area contributed by atoms with E-state index >= 15 is 0 Å². The van der Waals surface area contributed by atoms with Gasteiger partial charge in [-0.2, -0.15) is 0 Å². The van der Waals surface area contributed by atoms with Gasteiger partial charge < -0.3 is 10.6 Å². The predicted molar refractivity (Wildman–Crippen MR) is 70.9 cm³/mol. The Morgan fingerprint density at radius 2 is 2.00 bits per heavy atom. The second-order valence-electron chi connectivity index (χ2n) is 5.63. The van der Waals surface area contributed by atoms with Gasteiger partial charge in [0.15, 0.2) is 0 Å². The van der Waals surface area contributed by atoms with Crippen LogP contribution in [0.1, 0.15) is 18.4 Å². The number of nitrogens with zero attached hydrogens (tertiary/aromatic N) is 1. The third kappa shape index (κ3) is 2.15. The molecule has 3 atom stereocenters. The highest BCUT2D eigenvalue weighted by Crippen LogP contribution is 2.37. The van der Waals surface area contributed by atoms with Crippen molar-refractivity contribution in [3.8, 4) is 0 Å². The summed E-state index contributed by atoms with van der Waals surface area (Å²) in [5.74, 6) is 1.45. The average Bonchev–Trinajstić information content (AvgIpc) is 2.93. The van der Waals surface area contributed by atoms with E-state index < -0.39 is 0 Å². The average molecular weight is 244 g/mol. The van der Waals surface area contributed by atoms with Gasteiger partial charge in [0.2, 0.25) is 5.91 Å². The summed E-state index contributed by atoms with van der Waals surface area (Å²) >= 11 is 0. The second-order valence-corrected chi connectivity index (χ2v) is 5.63. The first-order valence-corrected chi connectivity index (χ1v) is 6.81. The van der Waals surface area contributed by atoms with Crippen molar-refractivity contribution in [2.45, 2.75) is 25.3 Å². The molecule has 18 heavy (non-hydrogen) atoms. The van der Waals surface area contributed by atoms with Crippen LogP contribution in [0, 0.1) is 11.8 Å². The van der Waals surface area contributed by atoms with Gasteiger partial charge in [0, 0.05) is 19.1 Å². The van der Waals surface area contributed by atoms with Crippen molar-refractivity contribution in [2.24, 2.45) is 17.6 Å². The lowest BCUT2D eigenvalue weighted by Gasteiger charge is -2.18. The molecule has 0 aromatic heterocycles. The minimum absolute atomic E-state index is 0.253. The number of hydrogen-bond donors (Lipinski definition) is 1. The first-order chi connectivity index (χ1) is 8.74. The lowest BCUT2D eigenvalue weighted by atomic mass is 9.98. The van der Waals surface area contributed by atoms with Gasteiger partial charge in [0.05, 0.1) is 6.42 Å². The summed E-state index contributed by atoms with van der Waals surface area (Å²) in [7, 11) is 0. The van der Waals surface area contributed by atoms with Crippen molar-refractivity contribution in [1.82, 2.24) is 4.90 Å². The van der Waals surface area contributed by atoms with Gasteiger partial charge in [-0.05, 0) is 30.2 Å². The van der Waals surface area contributed by atoms with E-state index in [9.17, 15) is 4.79 Å². The first kappa shape index (κ1) is 11.7. The topological polar surface area (TPSA) is 46.3 Å². The van der Waals surface area contributed by atoms with E-state index in [1.807, 2.05) is 35.2 Å². The third-order valence-electron chi connectivity index (χ3n) is 4.46. The maximum absolute atomic E-state index is 12.2. The standard InChI is InChI=1S/C15H20N2O/c16-14-7-6-12-9-17(10-13(12)14)15(18)8-11-4-2-1-3-5-11/h1-5,12-14H,6-10,16H2. The van der Waals surface area contributed by atoms with Gasteiger partial charge in [-0.3, -0.25) is 4.79 Å². The summed E-state index contributed by atoms with van der Waals surface area (Å²) in [5.41, 5.74) is 7.20. The van der Waals surface area contributed by atoms with E-state index in [0.29, 0.717) is 24.3 Å². The Labute approximate surface area is 108 Å². The molecule has 1 aromatic carbocycles. The zero-order valence-electron chi connectivity index (χ0n) is 10.6. The van der Waals surface area contributed by atoms with Crippen molar-refractivity contribution in [1.29, 1.82) is 0 Å². The molecule has 3 rings (SSSR count). The molecule has 0 radical (unpaired) electrons. The summed E-state index contributed by atoms with van der Waals surface area (Å²) in [6, 6.07) is 10.3. The van der Waals surface area contributed by atoms with E-state index in [2.05, 4.69) is 0 Å². The molecule has 1 aromatic rings. The lowest BCUT2D eigenvalue weighted by molar-refractivity contribution is -0.129. The Morgan fingerprint density at radius 1 is 1.22 bits per heavy atom. The normalized spacial score (nSPS) is 30.5. The summed E-state index contributed by atoms with van der Waals surface area (Å²) in [5, 5.41) is 0. The van der Waals surface area contributed by atoms with Gasteiger partial charge in [0.25, 0.3) is 0 Å². The van der Waals surface area contributed by atoms with Gasteiger partial charge in [-0.25, -0.2) is 0 Å². The smallest absolute Gasteiger partial charge is 0.227 e. The molecule has 2 N–H and O–H groups in total. The molecule has 96 valence electrons. The van der Waals surface area contributed by atoms with E-state index in [0.717, 1.165) is 25.1 Å². The van der Waals surface area contributed by atoms with Crippen LogP contribution in [0.3, 0.4) is 0 Å². The number of amides is 1. The molecule has 1 saturated heterocycles. The number of carbonyl (C=O) groups excluding carboxylic acids is 1. The van der Waals surface area contributed by atoms with Gasteiger partial charge in [-0.15, -0.1) is 0 Å². The lowest BCUT2D eigenvalue weighted by Crippen LogP contribution is -2.34. The van der Waals surface area contributed by atoms with Crippen LogP contribution in [0.25, 0.3) is 0 Å². The van der Waals surface area contributed by atoms with Gasteiger partial charge >= 0.3 is 0 Å². The summed E-state index contributed by atoms with van der Waals surface area (Å²) in [4.78, 5) is 14.3. The molecule has 2 fully saturated rings. The van der Waals surface area contributed by atoms with Crippen molar-refractivity contribution in [3.63, 3.8) is 0 Å². The van der Waals surface area contributed by atoms with Crippen LogP contribution >= 0.6 is 0 Å². The molecule has 1 aliphatic heterocycles. The third-order valence-corrected chi connectivity index (χ3v) is 4.46. The van der Waals surface area contributed by atoms with Crippen LogP contribution in [0.15, 0.2) is 30.3 Å². The molecule has 0 bridgehead atoms. The fourth-order valence-corrected chi connectivity index (χ4v) is 3.39. The molecular weight excluding hydrogens is 224 g/mol. The van der Waals surface area contributed by atoms with Crippen LogP contribution in [0.2, 0.25) is 0 Å². The zero-order valence-corrected chi connectivity index (χ0v) is 10.6. The monoisotopic (exact) mass is 244 g/mol. The largest absolute Gasteiger partial charge is 0.342 e. The Balaban J connectivity index is 1.62. The number of carbonyl (C=O) groups is 1. The minimum atomic E-state index is 0.253. The summed E-state index contributed by atoms with van der Waals surface area (Å²) < 4.78 is 0. The SMILES string of the molecule is NC1CCC2CN(C(=O)Cc3ccccc3)CC12. The number of nitrogens with two attached hydrogens (primary N) is 1. The summed E-state index contributed by atoms with van der Waals surface area (Å²) in [6.07, 6.45) is 2.85. The van der Waals surface area contributed by atoms with E-state index in [1.165, 1.54) is 6.42 Å². The number of benzene rings is 1. The molecule has 1 aliphatic carbocycles. The van der Waals surface area contributed by atoms with Crippen LogP contribution in [0.4, 0.5) is 0 Å². The predicted octanol–water partition coefficient (Wildman–Crippen LogP) is 1.42. The minimum Gasteiger partial charge on any atom is -0.342 e. The van der Waals surface area contributed by atoms with E-state index in [-0.39, 0.29) is 5.91 Å². The fraction of sp³-hybridized carbons (Fsp3) is 0.533. The first-order valence-electron chi connectivity index (χ1n) is 6.81. The molecule has 0 spiro atoms. The van der Waals surface area contributed by atoms with Crippen LogP contribution < -0.4 is 5.73 Å². The highest BCUT2D eigenvalue weighted by molar-refractivity contribution is 5.79. The molecule has 3 heteroatoms. The molecule has 2 aliphatic rings. The Morgan fingerprint density at radius 3 is 2.72 bits per heavy atom. The fourth-order valence-electron chi connectivity index (χ4n) is 3.39. The molecule has 1 saturated carbocycles. The zero-order chi connectivity index (χ0) is 12.5. The molecule has 1 amide bonds.